The highest BCUT2D eigenvalue weighted by atomic mass is 35.5. The van der Waals surface area contributed by atoms with E-state index in [1.807, 2.05) is 30.3 Å². The molecular weight excluding hydrogens is 476 g/mol. The molecule has 4 rings (SSSR count). The van der Waals surface area contributed by atoms with Crippen LogP contribution in [-0.4, -0.2) is 50.2 Å². The summed E-state index contributed by atoms with van der Waals surface area (Å²) in [4.78, 5) is 29.9. The van der Waals surface area contributed by atoms with Gasteiger partial charge in [0.25, 0.3) is 5.91 Å². The topological polar surface area (TPSA) is 80.1 Å². The second-order valence-electron chi connectivity index (χ2n) is 8.28. The first kappa shape index (κ1) is 24.4. The van der Waals surface area contributed by atoms with Gasteiger partial charge < -0.3 is 10.2 Å². The minimum atomic E-state index is -1.67. The number of rotatable bonds is 4. The van der Waals surface area contributed by atoms with Gasteiger partial charge >= 0.3 is 0 Å². The highest BCUT2D eigenvalue weighted by Crippen LogP contribution is 2.30. The van der Waals surface area contributed by atoms with Gasteiger partial charge in [0, 0.05) is 50.2 Å². The molecule has 180 valence electrons. The number of alkyl halides is 1. The van der Waals surface area contributed by atoms with Crippen LogP contribution in [0.15, 0.2) is 48.8 Å². The molecular formula is C25H22ClF2N5O2. The quantitative estimate of drug-likeness (QED) is 0.551. The van der Waals surface area contributed by atoms with Crippen molar-refractivity contribution in [2.24, 2.45) is 0 Å². The number of halogens is 3. The smallest absolute Gasteiger partial charge is 0.276 e. The molecule has 1 fully saturated rings. The second kappa shape index (κ2) is 10.2. The van der Waals surface area contributed by atoms with Crippen LogP contribution in [0.4, 0.5) is 14.6 Å². The second-order valence-corrected chi connectivity index (χ2v) is 8.69. The Kier molecular flexibility index (Phi) is 7.12. The van der Waals surface area contributed by atoms with E-state index in [1.165, 1.54) is 24.0 Å². The summed E-state index contributed by atoms with van der Waals surface area (Å²) in [6.07, 6.45) is 2.78. The number of nitrogens with one attached hydrogen (secondary N) is 1. The monoisotopic (exact) mass is 497 g/mol. The van der Waals surface area contributed by atoms with Crippen LogP contribution in [0.1, 0.15) is 41.4 Å². The number of carbonyl (C=O) groups is 2. The SMILES string of the molecule is CC(=O)N1CCC(F)(Cn2ncc(Cl)c2C(=O)Nc2ncc(C#Cc3ccccc3)cc2F)CC1. The van der Waals surface area contributed by atoms with Gasteiger partial charge in [0.2, 0.25) is 5.91 Å². The van der Waals surface area contributed by atoms with Crippen molar-refractivity contribution in [2.45, 2.75) is 32.0 Å². The maximum atomic E-state index is 15.4. The minimum Gasteiger partial charge on any atom is -0.343 e. The van der Waals surface area contributed by atoms with Crippen molar-refractivity contribution in [3.63, 3.8) is 0 Å². The van der Waals surface area contributed by atoms with Crippen LogP contribution in [0.5, 0.6) is 0 Å². The number of nitrogens with zero attached hydrogens (tertiary/aromatic N) is 4. The van der Waals surface area contributed by atoms with Crippen LogP contribution >= 0.6 is 11.6 Å². The van der Waals surface area contributed by atoms with E-state index in [9.17, 15) is 14.0 Å². The first-order valence-electron chi connectivity index (χ1n) is 10.9. The lowest BCUT2D eigenvalue weighted by molar-refractivity contribution is -0.131. The largest absolute Gasteiger partial charge is 0.343 e. The third-order valence-electron chi connectivity index (χ3n) is 5.75. The number of hydrogen-bond donors (Lipinski definition) is 1. The molecule has 1 aliphatic rings. The maximum Gasteiger partial charge on any atom is 0.276 e. The fourth-order valence-electron chi connectivity index (χ4n) is 3.79. The first-order valence-corrected chi connectivity index (χ1v) is 11.3. The fourth-order valence-corrected chi connectivity index (χ4v) is 4.01. The molecule has 0 saturated carbocycles. The molecule has 2 amide bonds. The molecule has 0 aliphatic carbocycles. The molecule has 0 radical (unpaired) electrons. The van der Waals surface area contributed by atoms with Crippen LogP contribution in [0.3, 0.4) is 0 Å². The van der Waals surface area contributed by atoms with E-state index in [4.69, 9.17) is 11.6 Å². The number of hydrogen-bond acceptors (Lipinski definition) is 4. The van der Waals surface area contributed by atoms with Crippen molar-refractivity contribution in [1.29, 1.82) is 0 Å². The summed E-state index contributed by atoms with van der Waals surface area (Å²) in [6.45, 7) is 1.77. The van der Waals surface area contributed by atoms with Gasteiger partial charge in [-0.05, 0) is 18.2 Å². The summed E-state index contributed by atoms with van der Waals surface area (Å²) in [5.41, 5.74) is -0.667. The van der Waals surface area contributed by atoms with E-state index in [0.717, 1.165) is 11.6 Å². The fraction of sp³-hybridized carbons (Fsp3) is 0.280. The van der Waals surface area contributed by atoms with Crippen LogP contribution in [0.2, 0.25) is 5.02 Å². The molecule has 35 heavy (non-hydrogen) atoms. The van der Waals surface area contributed by atoms with Crippen molar-refractivity contribution in [1.82, 2.24) is 19.7 Å². The Hall–Kier alpha value is -3.77. The van der Waals surface area contributed by atoms with E-state index in [1.54, 1.807) is 4.90 Å². The Balaban J connectivity index is 1.47. The standard InChI is InChI=1S/C25H22ClF2N5O2/c1-17(34)32-11-9-25(28,10-12-32)16-33-22(20(26)15-30-33)24(35)31-23-21(27)13-19(14-29-23)8-7-18-5-3-2-4-6-18/h2-6,13-15H,9-12,16H2,1H3,(H,29,31,35). The molecule has 10 heteroatoms. The molecule has 0 bridgehead atoms. The Morgan fingerprint density at radius 1 is 1.14 bits per heavy atom. The van der Waals surface area contributed by atoms with Gasteiger partial charge in [0.05, 0.1) is 17.8 Å². The van der Waals surface area contributed by atoms with E-state index in [2.05, 4.69) is 27.2 Å². The zero-order valence-electron chi connectivity index (χ0n) is 18.9. The summed E-state index contributed by atoms with van der Waals surface area (Å²) < 4.78 is 31.2. The van der Waals surface area contributed by atoms with Crippen molar-refractivity contribution in [3.05, 3.63) is 76.5 Å². The Morgan fingerprint density at radius 3 is 2.49 bits per heavy atom. The third-order valence-corrected chi connectivity index (χ3v) is 6.02. The van der Waals surface area contributed by atoms with Crippen LogP contribution < -0.4 is 5.32 Å². The molecule has 7 nitrogen and oxygen atoms in total. The average molecular weight is 498 g/mol. The van der Waals surface area contributed by atoms with Crippen molar-refractivity contribution < 1.29 is 18.4 Å². The molecule has 0 spiro atoms. The minimum absolute atomic E-state index is 0.00183. The predicted octanol–water partition coefficient (Wildman–Crippen LogP) is 4.07. The maximum absolute atomic E-state index is 15.4. The molecule has 0 atom stereocenters. The Labute approximate surface area is 206 Å². The molecule has 1 saturated heterocycles. The number of pyridine rings is 1. The molecule has 1 aromatic carbocycles. The summed E-state index contributed by atoms with van der Waals surface area (Å²) in [5, 5.41) is 6.40. The highest BCUT2D eigenvalue weighted by molar-refractivity contribution is 6.34. The van der Waals surface area contributed by atoms with E-state index in [0.29, 0.717) is 5.56 Å². The van der Waals surface area contributed by atoms with Crippen molar-refractivity contribution in [3.8, 4) is 11.8 Å². The predicted molar refractivity (Wildman–Crippen MR) is 127 cm³/mol. The van der Waals surface area contributed by atoms with Gasteiger partial charge in [-0.3, -0.25) is 14.3 Å². The number of piperidine rings is 1. The molecule has 3 aromatic rings. The number of likely N-dealkylation sites (tertiary alicyclic amines) is 1. The summed E-state index contributed by atoms with van der Waals surface area (Å²) in [5.74, 6) is 3.76. The van der Waals surface area contributed by atoms with Gasteiger partial charge in [-0.15, -0.1) is 0 Å². The number of aromatic nitrogens is 3. The zero-order valence-corrected chi connectivity index (χ0v) is 19.6. The van der Waals surface area contributed by atoms with E-state index < -0.39 is 17.4 Å². The van der Waals surface area contributed by atoms with Crippen LogP contribution in [0.25, 0.3) is 0 Å². The van der Waals surface area contributed by atoms with Gasteiger partial charge in [0.1, 0.15) is 11.4 Å². The summed E-state index contributed by atoms with van der Waals surface area (Å²) in [7, 11) is 0. The first-order chi connectivity index (χ1) is 16.7. The van der Waals surface area contributed by atoms with E-state index in [-0.39, 0.29) is 54.9 Å². The highest BCUT2D eigenvalue weighted by Gasteiger charge is 2.37. The van der Waals surface area contributed by atoms with Gasteiger partial charge in [0.15, 0.2) is 11.6 Å². The summed E-state index contributed by atoms with van der Waals surface area (Å²) in [6, 6.07) is 10.4. The number of benzene rings is 1. The average Bonchev–Trinajstić information content (AvgIpc) is 3.19. The van der Waals surface area contributed by atoms with Gasteiger partial charge in [-0.2, -0.15) is 5.10 Å². The number of anilines is 1. The lowest BCUT2D eigenvalue weighted by atomic mass is 9.93. The summed E-state index contributed by atoms with van der Waals surface area (Å²) >= 11 is 6.15. The van der Waals surface area contributed by atoms with Crippen LogP contribution in [-0.2, 0) is 11.3 Å². The Morgan fingerprint density at radius 2 is 1.83 bits per heavy atom. The molecule has 1 aliphatic heterocycles. The molecule has 3 heterocycles. The lowest BCUT2D eigenvalue weighted by Gasteiger charge is -2.36. The van der Waals surface area contributed by atoms with Gasteiger partial charge in [-0.1, -0.05) is 41.6 Å². The zero-order chi connectivity index (χ0) is 25.0. The van der Waals surface area contributed by atoms with Crippen molar-refractivity contribution >= 4 is 29.2 Å². The number of carbonyl (C=O) groups excluding carboxylic acids is 2. The Bertz CT molecular complexity index is 1310. The number of amides is 2. The molecule has 2 aromatic heterocycles. The molecule has 1 N–H and O–H groups in total. The third kappa shape index (κ3) is 5.84. The normalized spacial score (nSPS) is 14.7. The van der Waals surface area contributed by atoms with Crippen LogP contribution in [0, 0.1) is 17.7 Å². The molecule has 0 unspecified atom stereocenters. The van der Waals surface area contributed by atoms with E-state index >= 15 is 4.39 Å². The lowest BCUT2D eigenvalue weighted by Crippen LogP contribution is -2.46. The van der Waals surface area contributed by atoms with Gasteiger partial charge in [-0.25, -0.2) is 13.8 Å². The van der Waals surface area contributed by atoms with Crippen molar-refractivity contribution in [2.75, 3.05) is 18.4 Å².